The maximum absolute atomic E-state index is 13.3. The van der Waals surface area contributed by atoms with E-state index in [4.69, 9.17) is 0 Å². The van der Waals surface area contributed by atoms with Crippen LogP contribution in [0.15, 0.2) is 18.2 Å². The molecule has 0 aromatic heterocycles. The molecule has 23 heavy (non-hydrogen) atoms. The lowest BCUT2D eigenvalue weighted by atomic mass is 10.1. The third kappa shape index (κ3) is 3.28. The molecular weight excluding hydrogens is 304 g/mol. The maximum Gasteiger partial charge on any atom is 0.325 e. The molecule has 1 aromatic rings. The zero-order valence-electron chi connectivity index (χ0n) is 12.8. The molecule has 7 heteroatoms. The van der Waals surface area contributed by atoms with Crippen LogP contribution in [0, 0.1) is 11.6 Å². The summed E-state index contributed by atoms with van der Waals surface area (Å²) in [5.41, 5.74) is 0.307. The van der Waals surface area contributed by atoms with Crippen LogP contribution < -0.4 is 4.90 Å². The number of rotatable bonds is 3. The first-order valence-corrected chi connectivity index (χ1v) is 7.85. The van der Waals surface area contributed by atoms with Gasteiger partial charge in [0.1, 0.15) is 6.54 Å². The van der Waals surface area contributed by atoms with Crippen molar-refractivity contribution in [3.05, 3.63) is 29.8 Å². The summed E-state index contributed by atoms with van der Waals surface area (Å²) in [6.07, 6.45) is 3.14. The number of hydrogen-bond acceptors (Lipinski definition) is 2. The average Bonchev–Trinajstić information content (AvgIpc) is 2.92. The molecule has 3 amide bonds. The summed E-state index contributed by atoms with van der Waals surface area (Å²) in [6, 6.07) is 3.02. The number of likely N-dealkylation sites (tertiary alicyclic amines) is 1. The van der Waals surface area contributed by atoms with Crippen LogP contribution in [-0.2, 0) is 4.79 Å². The average molecular weight is 323 g/mol. The molecule has 2 fully saturated rings. The molecule has 3 rings (SSSR count). The van der Waals surface area contributed by atoms with Crippen molar-refractivity contribution in [2.75, 3.05) is 37.6 Å². The number of benzene rings is 1. The van der Waals surface area contributed by atoms with E-state index in [2.05, 4.69) is 0 Å². The Morgan fingerprint density at radius 1 is 1.00 bits per heavy atom. The minimum atomic E-state index is -0.988. The van der Waals surface area contributed by atoms with Gasteiger partial charge in [0, 0.05) is 37.9 Å². The lowest BCUT2D eigenvalue weighted by molar-refractivity contribution is -0.132. The first-order chi connectivity index (χ1) is 11.1. The monoisotopic (exact) mass is 323 g/mol. The van der Waals surface area contributed by atoms with Gasteiger partial charge in [0.2, 0.25) is 5.91 Å². The topological polar surface area (TPSA) is 43.9 Å². The van der Waals surface area contributed by atoms with Gasteiger partial charge in [-0.05, 0) is 31.4 Å². The fourth-order valence-corrected chi connectivity index (χ4v) is 3.03. The summed E-state index contributed by atoms with van der Waals surface area (Å²) < 4.78 is 26.3. The molecule has 0 aliphatic carbocycles. The number of nitrogens with zero attached hydrogens (tertiary/aromatic N) is 3. The highest BCUT2D eigenvalue weighted by atomic mass is 19.2. The van der Waals surface area contributed by atoms with Crippen molar-refractivity contribution >= 4 is 17.6 Å². The lowest BCUT2D eigenvalue weighted by Crippen LogP contribution is -2.44. The van der Waals surface area contributed by atoms with Gasteiger partial charge in [0.25, 0.3) is 0 Å². The fourth-order valence-electron chi connectivity index (χ4n) is 3.03. The largest absolute Gasteiger partial charge is 0.341 e. The smallest absolute Gasteiger partial charge is 0.325 e. The quantitative estimate of drug-likeness (QED) is 0.856. The van der Waals surface area contributed by atoms with E-state index >= 15 is 0 Å². The minimum absolute atomic E-state index is 0.0407. The van der Waals surface area contributed by atoms with Gasteiger partial charge in [-0.3, -0.25) is 9.69 Å². The molecule has 2 heterocycles. The molecule has 0 spiro atoms. The number of amides is 3. The number of anilines is 1. The van der Waals surface area contributed by atoms with Gasteiger partial charge in [-0.2, -0.15) is 0 Å². The van der Waals surface area contributed by atoms with E-state index in [0.717, 1.165) is 44.5 Å². The van der Waals surface area contributed by atoms with E-state index < -0.39 is 11.6 Å². The van der Waals surface area contributed by atoms with Crippen LogP contribution in [0.1, 0.15) is 19.3 Å². The van der Waals surface area contributed by atoms with Crippen LogP contribution in [0.5, 0.6) is 0 Å². The molecule has 5 nitrogen and oxygen atoms in total. The van der Waals surface area contributed by atoms with Crippen molar-refractivity contribution in [1.29, 1.82) is 0 Å². The number of halogens is 2. The summed E-state index contributed by atoms with van der Waals surface area (Å²) in [6.45, 7) is 2.29. The molecule has 2 saturated heterocycles. The Morgan fingerprint density at radius 3 is 2.43 bits per heavy atom. The number of hydrogen-bond donors (Lipinski definition) is 0. The van der Waals surface area contributed by atoms with Gasteiger partial charge in [-0.1, -0.05) is 0 Å². The van der Waals surface area contributed by atoms with Gasteiger partial charge in [0.05, 0.1) is 0 Å². The van der Waals surface area contributed by atoms with Crippen LogP contribution >= 0.6 is 0 Å². The molecular formula is C16H19F2N3O2. The van der Waals surface area contributed by atoms with Crippen molar-refractivity contribution in [1.82, 2.24) is 9.80 Å². The van der Waals surface area contributed by atoms with Gasteiger partial charge in [-0.25, -0.2) is 13.6 Å². The second-order valence-corrected chi connectivity index (χ2v) is 5.90. The number of urea groups is 1. The molecule has 1 aromatic carbocycles. The van der Waals surface area contributed by atoms with Gasteiger partial charge >= 0.3 is 6.03 Å². The van der Waals surface area contributed by atoms with Crippen molar-refractivity contribution < 1.29 is 18.4 Å². The van der Waals surface area contributed by atoms with Crippen LogP contribution in [0.4, 0.5) is 19.3 Å². The van der Waals surface area contributed by atoms with Crippen molar-refractivity contribution in [3.8, 4) is 0 Å². The molecule has 0 bridgehead atoms. The molecule has 0 radical (unpaired) electrons. The van der Waals surface area contributed by atoms with Crippen molar-refractivity contribution in [2.24, 2.45) is 0 Å². The summed E-state index contributed by atoms with van der Waals surface area (Å²) in [5, 5.41) is 0. The predicted molar refractivity (Wildman–Crippen MR) is 81.1 cm³/mol. The normalized spacial score (nSPS) is 18.7. The molecule has 2 aliphatic rings. The van der Waals surface area contributed by atoms with Gasteiger partial charge < -0.3 is 9.80 Å². The first kappa shape index (κ1) is 15.7. The summed E-state index contributed by atoms with van der Waals surface area (Å²) >= 11 is 0. The number of piperidine rings is 1. The van der Waals surface area contributed by atoms with Gasteiger partial charge in [-0.15, -0.1) is 0 Å². The van der Waals surface area contributed by atoms with E-state index in [1.54, 1.807) is 4.90 Å². The lowest BCUT2D eigenvalue weighted by Gasteiger charge is -2.28. The molecule has 124 valence electrons. The van der Waals surface area contributed by atoms with Crippen molar-refractivity contribution in [2.45, 2.75) is 19.3 Å². The summed E-state index contributed by atoms with van der Waals surface area (Å²) in [7, 11) is 0. The van der Waals surface area contributed by atoms with E-state index in [9.17, 15) is 18.4 Å². The second-order valence-electron chi connectivity index (χ2n) is 5.90. The van der Waals surface area contributed by atoms with Crippen LogP contribution in [0.25, 0.3) is 0 Å². The summed E-state index contributed by atoms with van der Waals surface area (Å²) in [4.78, 5) is 29.2. The van der Waals surface area contributed by atoms with E-state index in [-0.39, 0.29) is 18.5 Å². The van der Waals surface area contributed by atoms with Crippen molar-refractivity contribution in [3.63, 3.8) is 0 Å². The Kier molecular flexibility index (Phi) is 4.45. The standard InChI is InChI=1S/C16H19F2N3O2/c17-13-5-4-12(10-14(13)18)21-9-8-20(16(21)23)11-15(22)19-6-2-1-3-7-19/h4-5,10H,1-3,6-9,11H2. The highest BCUT2D eigenvalue weighted by molar-refractivity contribution is 5.96. The number of carbonyl (C=O) groups excluding carboxylic acids is 2. The second kappa shape index (κ2) is 6.52. The zero-order valence-corrected chi connectivity index (χ0v) is 12.8. The molecule has 0 unspecified atom stereocenters. The Balaban J connectivity index is 1.64. The predicted octanol–water partition coefficient (Wildman–Crippen LogP) is 2.22. The SMILES string of the molecule is O=C(CN1CCN(c2ccc(F)c(F)c2)C1=O)N1CCCCC1. The van der Waals surface area contributed by atoms with Crippen LogP contribution in [-0.4, -0.2) is 54.5 Å². The van der Waals surface area contributed by atoms with Crippen LogP contribution in [0.3, 0.4) is 0 Å². The molecule has 0 atom stereocenters. The summed E-state index contributed by atoms with van der Waals surface area (Å²) in [5.74, 6) is -1.99. The Labute approximate surface area is 133 Å². The van der Waals surface area contributed by atoms with Crippen LogP contribution in [0.2, 0.25) is 0 Å². The Bertz CT molecular complexity index is 617. The van der Waals surface area contributed by atoms with E-state index in [0.29, 0.717) is 18.8 Å². The number of carbonyl (C=O) groups is 2. The first-order valence-electron chi connectivity index (χ1n) is 7.85. The fraction of sp³-hybridized carbons (Fsp3) is 0.500. The highest BCUT2D eigenvalue weighted by Gasteiger charge is 2.32. The highest BCUT2D eigenvalue weighted by Crippen LogP contribution is 2.22. The molecule has 2 aliphatic heterocycles. The van der Waals surface area contributed by atoms with E-state index in [1.807, 2.05) is 0 Å². The van der Waals surface area contributed by atoms with E-state index in [1.165, 1.54) is 15.9 Å². The van der Waals surface area contributed by atoms with Gasteiger partial charge in [0.15, 0.2) is 11.6 Å². The maximum atomic E-state index is 13.3. The zero-order chi connectivity index (χ0) is 16.4. The molecule has 0 N–H and O–H groups in total. The third-order valence-electron chi connectivity index (χ3n) is 4.34. The molecule has 0 saturated carbocycles. The Morgan fingerprint density at radius 2 is 1.74 bits per heavy atom. The Hall–Kier alpha value is -2.18. The minimum Gasteiger partial charge on any atom is -0.341 e. The third-order valence-corrected chi connectivity index (χ3v) is 4.34.